The molecule has 0 aliphatic rings. The van der Waals surface area contributed by atoms with E-state index < -0.39 is 0 Å². The molecule has 2 heterocycles. The molecular formula is C40H24N4O. The Morgan fingerprint density at radius 1 is 0.467 bits per heavy atom. The Balaban J connectivity index is 1.43. The number of furan rings is 1. The van der Waals surface area contributed by atoms with Crippen molar-refractivity contribution in [3.63, 3.8) is 0 Å². The number of para-hydroxylation sites is 1. The van der Waals surface area contributed by atoms with Gasteiger partial charge in [-0.25, -0.2) is 15.0 Å². The quantitative estimate of drug-likeness (QED) is 0.204. The Morgan fingerprint density at radius 2 is 1.09 bits per heavy atom. The van der Waals surface area contributed by atoms with Gasteiger partial charge < -0.3 is 4.42 Å². The van der Waals surface area contributed by atoms with E-state index in [4.69, 9.17) is 19.4 Å². The minimum atomic E-state index is 0.492. The number of benzene rings is 6. The van der Waals surface area contributed by atoms with Crippen LogP contribution in [0.5, 0.6) is 0 Å². The Labute approximate surface area is 259 Å². The lowest BCUT2D eigenvalue weighted by molar-refractivity contribution is 0.669. The third-order valence-electron chi connectivity index (χ3n) is 7.97. The molecule has 210 valence electrons. The molecule has 5 nitrogen and oxygen atoms in total. The van der Waals surface area contributed by atoms with E-state index in [2.05, 4.69) is 48.5 Å². The molecule has 8 aromatic rings. The van der Waals surface area contributed by atoms with E-state index in [0.717, 1.165) is 55.3 Å². The molecule has 0 amide bonds. The zero-order chi connectivity index (χ0) is 30.2. The van der Waals surface area contributed by atoms with Crippen molar-refractivity contribution in [1.82, 2.24) is 15.0 Å². The maximum atomic E-state index is 9.69. The number of fused-ring (bicyclic) bond motifs is 3. The smallest absolute Gasteiger partial charge is 0.168 e. The summed E-state index contributed by atoms with van der Waals surface area (Å²) < 4.78 is 6.56. The molecule has 0 N–H and O–H groups in total. The molecule has 0 saturated heterocycles. The Morgan fingerprint density at radius 3 is 1.89 bits per heavy atom. The third-order valence-corrected chi connectivity index (χ3v) is 7.97. The summed E-state index contributed by atoms with van der Waals surface area (Å²) in [6.45, 7) is 0. The van der Waals surface area contributed by atoms with Gasteiger partial charge in [-0.05, 0) is 52.6 Å². The summed E-state index contributed by atoms with van der Waals surface area (Å²) in [5.74, 6) is 1.61. The van der Waals surface area contributed by atoms with E-state index in [1.54, 1.807) is 6.07 Å². The van der Waals surface area contributed by atoms with Crippen LogP contribution < -0.4 is 0 Å². The molecule has 0 unspecified atom stereocenters. The fraction of sp³-hybridized carbons (Fsp3) is 0. The summed E-state index contributed by atoms with van der Waals surface area (Å²) in [6, 6.07) is 50.5. The number of nitrogens with zero attached hydrogens (tertiary/aromatic N) is 4. The van der Waals surface area contributed by atoms with Gasteiger partial charge in [0, 0.05) is 21.9 Å². The lowest BCUT2D eigenvalue weighted by Crippen LogP contribution is -2.01. The lowest BCUT2D eigenvalue weighted by atomic mass is 9.95. The minimum absolute atomic E-state index is 0.492. The fourth-order valence-corrected chi connectivity index (χ4v) is 5.81. The number of hydrogen-bond donors (Lipinski definition) is 0. The zero-order valence-electron chi connectivity index (χ0n) is 24.1. The van der Waals surface area contributed by atoms with Crippen LogP contribution in [0.4, 0.5) is 0 Å². The predicted molar refractivity (Wildman–Crippen MR) is 179 cm³/mol. The molecule has 2 aromatic heterocycles. The first-order valence-corrected chi connectivity index (χ1v) is 14.7. The van der Waals surface area contributed by atoms with Crippen molar-refractivity contribution >= 4 is 21.9 Å². The molecule has 0 spiro atoms. The second-order valence-corrected chi connectivity index (χ2v) is 10.8. The summed E-state index contributed by atoms with van der Waals surface area (Å²) in [6.07, 6.45) is 0. The first-order chi connectivity index (χ1) is 22.2. The van der Waals surface area contributed by atoms with Crippen LogP contribution in [0.15, 0.2) is 150 Å². The SMILES string of the molecule is N#Cc1cccc(-c2ccc3c(oc4ccccc43)c2-c2nc(-c3ccccc3)nc(-c3cccc(-c4ccccc4)c3)n2)c1. The summed E-state index contributed by atoms with van der Waals surface area (Å²) in [5.41, 5.74) is 8.48. The fourth-order valence-electron chi connectivity index (χ4n) is 5.81. The van der Waals surface area contributed by atoms with Crippen molar-refractivity contribution in [3.05, 3.63) is 151 Å². The van der Waals surface area contributed by atoms with Crippen molar-refractivity contribution in [2.24, 2.45) is 0 Å². The van der Waals surface area contributed by atoms with Crippen molar-refractivity contribution in [2.75, 3.05) is 0 Å². The van der Waals surface area contributed by atoms with E-state index >= 15 is 0 Å². The molecule has 0 radical (unpaired) electrons. The van der Waals surface area contributed by atoms with Gasteiger partial charge >= 0.3 is 0 Å². The van der Waals surface area contributed by atoms with Gasteiger partial charge in [0.2, 0.25) is 0 Å². The van der Waals surface area contributed by atoms with Crippen molar-refractivity contribution in [3.8, 4) is 62.5 Å². The Bertz CT molecular complexity index is 2390. The predicted octanol–water partition coefficient (Wildman–Crippen LogP) is 9.98. The Kier molecular flexibility index (Phi) is 6.44. The average Bonchev–Trinajstić information content (AvgIpc) is 3.50. The van der Waals surface area contributed by atoms with Crippen LogP contribution in [0.2, 0.25) is 0 Å². The van der Waals surface area contributed by atoms with Crippen molar-refractivity contribution in [2.45, 2.75) is 0 Å². The van der Waals surface area contributed by atoms with E-state index in [1.807, 2.05) is 97.1 Å². The van der Waals surface area contributed by atoms with Gasteiger partial charge in [-0.3, -0.25) is 0 Å². The molecule has 8 rings (SSSR count). The van der Waals surface area contributed by atoms with E-state index in [-0.39, 0.29) is 0 Å². The summed E-state index contributed by atoms with van der Waals surface area (Å²) in [4.78, 5) is 15.2. The van der Waals surface area contributed by atoms with Gasteiger partial charge in [-0.15, -0.1) is 0 Å². The van der Waals surface area contributed by atoms with Gasteiger partial charge in [-0.1, -0.05) is 115 Å². The highest BCUT2D eigenvalue weighted by molar-refractivity contribution is 6.12. The largest absolute Gasteiger partial charge is 0.455 e. The van der Waals surface area contributed by atoms with E-state index in [1.165, 1.54) is 0 Å². The number of nitriles is 1. The van der Waals surface area contributed by atoms with Gasteiger partial charge in [0.15, 0.2) is 17.5 Å². The highest BCUT2D eigenvalue weighted by Crippen LogP contribution is 2.42. The van der Waals surface area contributed by atoms with Gasteiger partial charge in [0.25, 0.3) is 0 Å². The number of aromatic nitrogens is 3. The maximum absolute atomic E-state index is 9.69. The Hall–Kier alpha value is -6.38. The maximum Gasteiger partial charge on any atom is 0.168 e. The monoisotopic (exact) mass is 576 g/mol. The number of hydrogen-bond acceptors (Lipinski definition) is 5. The standard InChI is InChI=1S/C40H24N4O/c41-25-26-11-9-17-30(23-26)32-21-22-34-33-19-7-8-20-35(33)45-37(34)36(32)40-43-38(28-14-5-2-6-15-28)42-39(44-40)31-18-10-16-29(24-31)27-12-3-1-4-13-27/h1-24H. The van der Waals surface area contributed by atoms with Gasteiger partial charge in [-0.2, -0.15) is 5.26 Å². The summed E-state index contributed by atoms with van der Waals surface area (Å²) in [7, 11) is 0. The van der Waals surface area contributed by atoms with Crippen LogP contribution in [-0.4, -0.2) is 15.0 Å². The van der Waals surface area contributed by atoms with Crippen LogP contribution >= 0.6 is 0 Å². The molecule has 0 aliphatic heterocycles. The van der Waals surface area contributed by atoms with Crippen molar-refractivity contribution in [1.29, 1.82) is 5.26 Å². The zero-order valence-corrected chi connectivity index (χ0v) is 24.1. The molecule has 0 bridgehead atoms. The summed E-state index contributed by atoms with van der Waals surface area (Å²) in [5, 5.41) is 11.7. The normalized spacial score (nSPS) is 11.1. The first-order valence-electron chi connectivity index (χ1n) is 14.7. The van der Waals surface area contributed by atoms with Gasteiger partial charge in [0.05, 0.1) is 17.2 Å². The van der Waals surface area contributed by atoms with Crippen LogP contribution in [-0.2, 0) is 0 Å². The van der Waals surface area contributed by atoms with Crippen LogP contribution in [0.3, 0.4) is 0 Å². The molecule has 5 heteroatoms. The highest BCUT2D eigenvalue weighted by Gasteiger charge is 2.22. The third kappa shape index (κ3) is 4.81. The van der Waals surface area contributed by atoms with Crippen LogP contribution in [0, 0.1) is 11.3 Å². The summed E-state index contributed by atoms with van der Waals surface area (Å²) >= 11 is 0. The van der Waals surface area contributed by atoms with Crippen LogP contribution in [0.1, 0.15) is 5.56 Å². The molecule has 0 saturated carbocycles. The average molecular weight is 577 g/mol. The molecule has 0 fully saturated rings. The van der Waals surface area contributed by atoms with Crippen molar-refractivity contribution < 1.29 is 4.42 Å². The molecule has 6 aromatic carbocycles. The molecule has 0 aliphatic carbocycles. The molecule has 0 atom stereocenters. The molecular weight excluding hydrogens is 552 g/mol. The van der Waals surface area contributed by atoms with E-state index in [9.17, 15) is 5.26 Å². The number of rotatable bonds is 5. The van der Waals surface area contributed by atoms with E-state index in [0.29, 0.717) is 28.6 Å². The first kappa shape index (κ1) is 26.3. The second-order valence-electron chi connectivity index (χ2n) is 10.8. The van der Waals surface area contributed by atoms with Crippen LogP contribution in [0.25, 0.3) is 78.4 Å². The van der Waals surface area contributed by atoms with Gasteiger partial charge in [0.1, 0.15) is 11.2 Å². The lowest BCUT2D eigenvalue weighted by Gasteiger charge is -2.13. The molecule has 45 heavy (non-hydrogen) atoms. The highest BCUT2D eigenvalue weighted by atomic mass is 16.3. The second kappa shape index (κ2) is 11.0. The topological polar surface area (TPSA) is 75.6 Å². The minimum Gasteiger partial charge on any atom is -0.455 e.